The molecule has 3 heterocycles. The normalized spacial score (nSPS) is 14.0. The second kappa shape index (κ2) is 8.27. The summed E-state index contributed by atoms with van der Waals surface area (Å²) in [4.78, 5) is 30.0. The van der Waals surface area contributed by atoms with Crippen molar-refractivity contribution in [2.75, 3.05) is 31.2 Å². The van der Waals surface area contributed by atoms with Crippen molar-refractivity contribution < 1.29 is 19.4 Å². The molecule has 2 aromatic heterocycles. The van der Waals surface area contributed by atoms with E-state index in [9.17, 15) is 9.90 Å². The minimum Gasteiger partial charge on any atom is -0.478 e. The Hall–Kier alpha value is -3.98. The summed E-state index contributed by atoms with van der Waals surface area (Å²) in [6.45, 7) is 4.98. The van der Waals surface area contributed by atoms with Gasteiger partial charge in [0.2, 0.25) is 0 Å². The molecule has 5 rings (SSSR count). The highest BCUT2D eigenvalue weighted by atomic mass is 16.5. The number of benzene rings is 2. The number of rotatable bonds is 5. The molecule has 1 aliphatic heterocycles. The van der Waals surface area contributed by atoms with Crippen molar-refractivity contribution in [2.45, 2.75) is 6.92 Å². The quantitative estimate of drug-likeness (QED) is 0.492. The number of imidazole rings is 1. The molecular weight excluding hydrogens is 410 g/mol. The van der Waals surface area contributed by atoms with Crippen LogP contribution in [0.4, 0.5) is 5.69 Å². The fraction of sp³-hybridized carbons (Fsp3) is 0.217. The van der Waals surface area contributed by atoms with Crippen molar-refractivity contribution in [3.05, 3.63) is 59.8 Å². The summed E-state index contributed by atoms with van der Waals surface area (Å²) >= 11 is 0. The number of hydrogen-bond acceptors (Lipinski definition) is 7. The summed E-state index contributed by atoms with van der Waals surface area (Å²) < 4.78 is 11.1. The van der Waals surface area contributed by atoms with Gasteiger partial charge in [0.1, 0.15) is 11.3 Å². The predicted molar refractivity (Wildman–Crippen MR) is 118 cm³/mol. The number of nitrogens with one attached hydrogen (secondary N) is 1. The van der Waals surface area contributed by atoms with Crippen LogP contribution in [-0.2, 0) is 4.74 Å². The van der Waals surface area contributed by atoms with E-state index >= 15 is 0 Å². The van der Waals surface area contributed by atoms with Crippen LogP contribution >= 0.6 is 0 Å². The van der Waals surface area contributed by atoms with Gasteiger partial charge < -0.3 is 24.5 Å². The number of H-pyrrole nitrogens is 1. The van der Waals surface area contributed by atoms with Crippen molar-refractivity contribution in [3.63, 3.8) is 0 Å². The van der Waals surface area contributed by atoms with Gasteiger partial charge >= 0.3 is 12.0 Å². The molecule has 0 unspecified atom stereocenters. The molecule has 1 saturated heterocycles. The van der Waals surface area contributed by atoms with Crippen LogP contribution in [0.25, 0.3) is 22.6 Å². The maximum absolute atomic E-state index is 11.3. The van der Waals surface area contributed by atoms with Crippen LogP contribution in [0.5, 0.6) is 11.8 Å². The van der Waals surface area contributed by atoms with E-state index in [4.69, 9.17) is 9.47 Å². The summed E-state index contributed by atoms with van der Waals surface area (Å²) in [7, 11) is 0. The number of carbonyl (C=O) groups is 1. The molecule has 2 N–H and O–H groups in total. The van der Waals surface area contributed by atoms with E-state index in [-0.39, 0.29) is 11.6 Å². The van der Waals surface area contributed by atoms with E-state index < -0.39 is 5.97 Å². The van der Waals surface area contributed by atoms with E-state index in [1.807, 2.05) is 12.1 Å². The SMILES string of the molecule is Cc1ccc(Oc2nc3nc(-c4ccc(N5CCOCC5)cc4)ncc3[nH]2)cc1C(=O)O. The Morgan fingerprint density at radius 2 is 1.91 bits per heavy atom. The molecule has 0 spiro atoms. The zero-order valence-corrected chi connectivity index (χ0v) is 17.4. The van der Waals surface area contributed by atoms with Gasteiger partial charge in [0.15, 0.2) is 11.5 Å². The number of carboxylic acid groups (broad SMARTS) is 1. The summed E-state index contributed by atoms with van der Waals surface area (Å²) in [5.74, 6) is -0.0702. The number of aromatic amines is 1. The molecule has 0 atom stereocenters. The lowest BCUT2D eigenvalue weighted by atomic mass is 10.1. The maximum atomic E-state index is 11.3. The molecule has 4 aromatic rings. The van der Waals surface area contributed by atoms with Gasteiger partial charge in [0, 0.05) is 24.3 Å². The number of aryl methyl sites for hydroxylation is 1. The first-order valence-corrected chi connectivity index (χ1v) is 10.2. The highest BCUT2D eigenvalue weighted by Gasteiger charge is 2.14. The second-order valence-corrected chi connectivity index (χ2v) is 7.50. The first-order valence-electron chi connectivity index (χ1n) is 10.2. The fourth-order valence-electron chi connectivity index (χ4n) is 3.62. The molecule has 0 amide bonds. The van der Waals surface area contributed by atoms with E-state index in [1.54, 1.807) is 25.3 Å². The van der Waals surface area contributed by atoms with Crippen molar-refractivity contribution in [1.29, 1.82) is 0 Å². The Labute approximate surface area is 183 Å². The number of ether oxygens (including phenoxy) is 2. The van der Waals surface area contributed by atoms with Crippen LogP contribution < -0.4 is 9.64 Å². The first-order chi connectivity index (χ1) is 15.6. The lowest BCUT2D eigenvalue weighted by Gasteiger charge is -2.28. The molecule has 1 fully saturated rings. The van der Waals surface area contributed by atoms with Crippen LogP contribution in [0.3, 0.4) is 0 Å². The first kappa shape index (κ1) is 20.0. The Kier molecular flexibility index (Phi) is 5.16. The Bertz CT molecular complexity index is 1280. The van der Waals surface area contributed by atoms with Crippen LogP contribution in [0.15, 0.2) is 48.7 Å². The number of morpholine rings is 1. The monoisotopic (exact) mass is 431 g/mol. The highest BCUT2D eigenvalue weighted by Crippen LogP contribution is 2.26. The van der Waals surface area contributed by atoms with Crippen LogP contribution in [0.2, 0.25) is 0 Å². The van der Waals surface area contributed by atoms with Gasteiger partial charge in [-0.05, 0) is 48.9 Å². The molecule has 9 nitrogen and oxygen atoms in total. The van der Waals surface area contributed by atoms with Crippen LogP contribution in [-0.4, -0.2) is 57.3 Å². The molecule has 162 valence electrons. The third-order valence-electron chi connectivity index (χ3n) is 5.37. The van der Waals surface area contributed by atoms with Gasteiger partial charge in [0.25, 0.3) is 0 Å². The van der Waals surface area contributed by atoms with Crippen LogP contribution in [0, 0.1) is 6.92 Å². The number of hydrogen-bond donors (Lipinski definition) is 2. The molecule has 32 heavy (non-hydrogen) atoms. The molecule has 0 aliphatic carbocycles. The molecule has 9 heteroatoms. The zero-order chi connectivity index (χ0) is 22.1. The van der Waals surface area contributed by atoms with Crippen molar-refractivity contribution in [3.8, 4) is 23.1 Å². The number of anilines is 1. The average Bonchev–Trinajstić information content (AvgIpc) is 3.22. The van der Waals surface area contributed by atoms with Gasteiger partial charge in [-0.2, -0.15) is 4.98 Å². The minimum atomic E-state index is -1.01. The lowest BCUT2D eigenvalue weighted by molar-refractivity contribution is 0.0695. The highest BCUT2D eigenvalue weighted by molar-refractivity contribution is 5.89. The minimum absolute atomic E-state index is 0.182. The van der Waals surface area contributed by atoms with Gasteiger partial charge in [-0.25, -0.2) is 14.8 Å². The average molecular weight is 431 g/mol. The summed E-state index contributed by atoms with van der Waals surface area (Å²) in [5, 5.41) is 9.30. The lowest BCUT2D eigenvalue weighted by Crippen LogP contribution is -2.36. The van der Waals surface area contributed by atoms with E-state index in [1.165, 1.54) is 6.07 Å². The molecule has 0 saturated carbocycles. The Balaban J connectivity index is 1.37. The number of aromatic nitrogens is 4. The predicted octanol–water partition coefficient (Wildman–Crippen LogP) is 3.66. The summed E-state index contributed by atoms with van der Waals surface area (Å²) in [5.41, 5.74) is 3.96. The summed E-state index contributed by atoms with van der Waals surface area (Å²) in [6, 6.07) is 13.2. The van der Waals surface area contributed by atoms with E-state index in [2.05, 4.69) is 37.0 Å². The topological polar surface area (TPSA) is 113 Å². The zero-order valence-electron chi connectivity index (χ0n) is 17.4. The van der Waals surface area contributed by atoms with Crippen molar-refractivity contribution >= 4 is 22.8 Å². The molecule has 0 radical (unpaired) electrons. The number of aromatic carboxylic acids is 1. The third-order valence-corrected chi connectivity index (χ3v) is 5.37. The number of carboxylic acids is 1. The molecular formula is C23H21N5O4. The number of fused-ring (bicyclic) bond motifs is 1. The van der Waals surface area contributed by atoms with Crippen LogP contribution in [0.1, 0.15) is 15.9 Å². The fourth-order valence-corrected chi connectivity index (χ4v) is 3.62. The Morgan fingerprint density at radius 3 is 2.66 bits per heavy atom. The number of nitrogens with zero attached hydrogens (tertiary/aromatic N) is 4. The van der Waals surface area contributed by atoms with Gasteiger partial charge in [-0.3, -0.25) is 0 Å². The van der Waals surface area contributed by atoms with Gasteiger partial charge in [0.05, 0.1) is 25.0 Å². The van der Waals surface area contributed by atoms with Gasteiger partial charge in [-0.1, -0.05) is 6.07 Å². The standard InChI is InChI=1S/C23H21N5O4/c1-14-2-7-17(12-18(14)22(29)30)32-23-25-19-13-24-20(26-21(19)27-23)15-3-5-16(6-4-15)28-8-10-31-11-9-28/h2-7,12-13H,8-11H2,1H3,(H,29,30)(H,24,25,26,27). The van der Waals surface area contributed by atoms with E-state index in [0.717, 1.165) is 37.6 Å². The smallest absolute Gasteiger partial charge is 0.336 e. The molecule has 0 bridgehead atoms. The van der Waals surface area contributed by atoms with E-state index in [0.29, 0.717) is 28.3 Å². The third kappa shape index (κ3) is 3.97. The summed E-state index contributed by atoms with van der Waals surface area (Å²) in [6.07, 6.45) is 1.66. The maximum Gasteiger partial charge on any atom is 0.336 e. The van der Waals surface area contributed by atoms with Gasteiger partial charge in [-0.15, -0.1) is 0 Å². The molecule has 2 aromatic carbocycles. The second-order valence-electron chi connectivity index (χ2n) is 7.50. The van der Waals surface area contributed by atoms with Crippen molar-refractivity contribution in [2.24, 2.45) is 0 Å². The van der Waals surface area contributed by atoms with Crippen molar-refractivity contribution in [1.82, 2.24) is 19.9 Å². The molecule has 1 aliphatic rings. The largest absolute Gasteiger partial charge is 0.478 e. The Morgan fingerprint density at radius 1 is 1.12 bits per heavy atom.